The summed E-state index contributed by atoms with van der Waals surface area (Å²) in [6.45, 7) is 11.4. The summed E-state index contributed by atoms with van der Waals surface area (Å²) in [4.78, 5) is 38.1. The van der Waals surface area contributed by atoms with Crippen molar-refractivity contribution in [2.75, 3.05) is 13.2 Å². The van der Waals surface area contributed by atoms with Crippen molar-refractivity contribution in [3.05, 3.63) is 0 Å². The first-order chi connectivity index (χ1) is 31.2. The van der Waals surface area contributed by atoms with Gasteiger partial charge < -0.3 is 14.2 Å². The molecule has 6 nitrogen and oxygen atoms in total. The Morgan fingerprint density at radius 2 is 0.516 bits per heavy atom. The summed E-state index contributed by atoms with van der Waals surface area (Å²) in [7, 11) is 0. The summed E-state index contributed by atoms with van der Waals surface area (Å²) in [5, 5.41) is 0. The van der Waals surface area contributed by atoms with Crippen LogP contribution in [0.4, 0.5) is 0 Å². The maximum atomic E-state index is 12.9. The topological polar surface area (TPSA) is 78.9 Å². The zero-order chi connectivity index (χ0) is 46.8. The van der Waals surface area contributed by atoms with E-state index >= 15 is 0 Å². The van der Waals surface area contributed by atoms with Crippen LogP contribution in [0, 0.1) is 11.8 Å². The van der Waals surface area contributed by atoms with Crippen molar-refractivity contribution in [3.63, 3.8) is 0 Å². The Morgan fingerprint density at radius 3 is 0.766 bits per heavy atom. The maximum Gasteiger partial charge on any atom is 0.306 e. The molecule has 0 saturated carbocycles. The third-order valence-electron chi connectivity index (χ3n) is 13.2. The van der Waals surface area contributed by atoms with E-state index in [0.717, 1.165) is 69.6 Å². The lowest BCUT2D eigenvalue weighted by Gasteiger charge is -2.18. The van der Waals surface area contributed by atoms with Crippen molar-refractivity contribution in [2.24, 2.45) is 11.8 Å². The highest BCUT2D eigenvalue weighted by atomic mass is 16.6. The van der Waals surface area contributed by atoms with Gasteiger partial charge in [0.05, 0.1) is 0 Å². The number of hydrogen-bond acceptors (Lipinski definition) is 6. The number of ether oxygens (including phenoxy) is 3. The van der Waals surface area contributed by atoms with Crippen molar-refractivity contribution in [1.29, 1.82) is 0 Å². The Bertz CT molecular complexity index is 978. The van der Waals surface area contributed by atoms with Gasteiger partial charge in [-0.15, -0.1) is 0 Å². The number of unbranched alkanes of at least 4 members (excludes halogenated alkanes) is 37. The molecule has 380 valence electrons. The van der Waals surface area contributed by atoms with Gasteiger partial charge in [0.1, 0.15) is 13.2 Å². The number of rotatable bonds is 52. The van der Waals surface area contributed by atoms with Crippen molar-refractivity contribution in [3.8, 4) is 0 Å². The molecule has 0 radical (unpaired) electrons. The molecule has 0 aromatic heterocycles. The number of esters is 3. The second-order valence-corrected chi connectivity index (χ2v) is 20.9. The van der Waals surface area contributed by atoms with Crippen molar-refractivity contribution >= 4 is 17.9 Å². The molecule has 0 fully saturated rings. The van der Waals surface area contributed by atoms with E-state index in [0.29, 0.717) is 19.3 Å². The first-order valence-corrected chi connectivity index (χ1v) is 28.7. The summed E-state index contributed by atoms with van der Waals surface area (Å²) >= 11 is 0. The molecule has 1 atom stereocenters. The Kier molecular flexibility index (Phi) is 49.6. The minimum atomic E-state index is -0.762. The average molecular weight is 906 g/mol. The van der Waals surface area contributed by atoms with Crippen LogP contribution >= 0.6 is 0 Å². The molecule has 0 amide bonds. The van der Waals surface area contributed by atoms with E-state index in [1.165, 1.54) is 212 Å². The van der Waals surface area contributed by atoms with Crippen molar-refractivity contribution in [1.82, 2.24) is 0 Å². The molecule has 0 unspecified atom stereocenters. The Hall–Kier alpha value is -1.59. The van der Waals surface area contributed by atoms with Crippen LogP contribution in [0.15, 0.2) is 0 Å². The maximum absolute atomic E-state index is 12.9. The molecule has 0 heterocycles. The Balaban J connectivity index is 4.30. The number of carbonyl (C=O) groups excluding carboxylic acids is 3. The summed E-state index contributed by atoms with van der Waals surface area (Å²) < 4.78 is 16.9. The third-order valence-corrected chi connectivity index (χ3v) is 13.2. The first-order valence-electron chi connectivity index (χ1n) is 28.7. The summed E-state index contributed by atoms with van der Waals surface area (Å²) in [5.41, 5.74) is 0. The molecular formula is C58H112O6. The van der Waals surface area contributed by atoms with Gasteiger partial charge in [0.15, 0.2) is 6.10 Å². The quantitative estimate of drug-likeness (QED) is 0.0344. The molecule has 0 N–H and O–H groups in total. The third kappa shape index (κ3) is 51.4. The van der Waals surface area contributed by atoms with Crippen LogP contribution in [0.3, 0.4) is 0 Å². The van der Waals surface area contributed by atoms with Gasteiger partial charge in [0.2, 0.25) is 0 Å². The van der Waals surface area contributed by atoms with E-state index in [1.54, 1.807) is 0 Å². The SMILES string of the molecule is CCCCCCCCCCCCCCCCC(=O)OC[C@H](COC(=O)CCCCCCCCCCCCCC(C)C)OC(=O)CCCCCCCCCCCCCCCCCC(C)C. The van der Waals surface area contributed by atoms with E-state index in [-0.39, 0.29) is 31.1 Å². The van der Waals surface area contributed by atoms with Gasteiger partial charge in [0, 0.05) is 19.3 Å². The molecule has 6 heteroatoms. The fourth-order valence-electron chi connectivity index (χ4n) is 8.87. The van der Waals surface area contributed by atoms with Crippen LogP contribution < -0.4 is 0 Å². The fourth-order valence-corrected chi connectivity index (χ4v) is 8.87. The first kappa shape index (κ1) is 62.4. The summed E-state index contributed by atoms with van der Waals surface area (Å²) in [6.07, 6.45) is 53.8. The van der Waals surface area contributed by atoms with Crippen molar-refractivity contribution < 1.29 is 28.6 Å². The molecular weight excluding hydrogens is 793 g/mol. The minimum absolute atomic E-state index is 0.0627. The van der Waals surface area contributed by atoms with Gasteiger partial charge in [-0.25, -0.2) is 0 Å². The molecule has 0 aliphatic carbocycles. The van der Waals surface area contributed by atoms with Crippen LogP contribution in [-0.2, 0) is 28.6 Å². The fraction of sp³-hybridized carbons (Fsp3) is 0.948. The van der Waals surface area contributed by atoms with E-state index in [1.807, 2.05) is 0 Å². The van der Waals surface area contributed by atoms with Gasteiger partial charge in [0.25, 0.3) is 0 Å². The van der Waals surface area contributed by atoms with E-state index < -0.39 is 6.10 Å². The molecule has 0 aliphatic rings. The molecule has 0 aromatic rings. The standard InChI is InChI=1S/C58H112O6/c1-6-7-8-9-10-11-12-13-18-23-28-33-38-43-48-56(59)62-51-55(52-63-57(60)49-44-39-34-29-25-20-22-27-32-37-42-47-54(4)5)64-58(61)50-45-40-35-30-24-19-16-14-15-17-21-26-31-36-41-46-53(2)3/h53-55H,6-52H2,1-5H3/t55-/m1/s1. The van der Waals surface area contributed by atoms with Crippen LogP contribution in [0.5, 0.6) is 0 Å². The monoisotopic (exact) mass is 905 g/mol. The largest absolute Gasteiger partial charge is 0.462 e. The highest BCUT2D eigenvalue weighted by Crippen LogP contribution is 2.18. The molecule has 0 spiro atoms. The Labute approximate surface area is 399 Å². The molecule has 0 saturated heterocycles. The van der Waals surface area contributed by atoms with E-state index in [4.69, 9.17) is 14.2 Å². The zero-order valence-corrected chi connectivity index (χ0v) is 43.9. The van der Waals surface area contributed by atoms with E-state index in [2.05, 4.69) is 34.6 Å². The van der Waals surface area contributed by atoms with Crippen LogP contribution in [0.2, 0.25) is 0 Å². The lowest BCUT2D eigenvalue weighted by molar-refractivity contribution is -0.167. The molecule has 64 heavy (non-hydrogen) atoms. The lowest BCUT2D eigenvalue weighted by atomic mass is 10.0. The summed E-state index contributed by atoms with van der Waals surface area (Å²) in [6, 6.07) is 0. The molecule has 0 bridgehead atoms. The highest BCUT2D eigenvalue weighted by molar-refractivity contribution is 5.71. The summed E-state index contributed by atoms with van der Waals surface area (Å²) in [5.74, 6) is 0.835. The van der Waals surface area contributed by atoms with Crippen LogP contribution in [-0.4, -0.2) is 37.2 Å². The van der Waals surface area contributed by atoms with Gasteiger partial charge in [-0.1, -0.05) is 285 Å². The van der Waals surface area contributed by atoms with Crippen LogP contribution in [0.25, 0.3) is 0 Å². The highest BCUT2D eigenvalue weighted by Gasteiger charge is 2.19. The molecule has 0 rings (SSSR count). The second kappa shape index (κ2) is 50.8. The second-order valence-electron chi connectivity index (χ2n) is 20.9. The van der Waals surface area contributed by atoms with Gasteiger partial charge >= 0.3 is 17.9 Å². The Morgan fingerprint density at radius 1 is 0.297 bits per heavy atom. The predicted octanol–water partition coefficient (Wildman–Crippen LogP) is 18.9. The normalized spacial score (nSPS) is 12.0. The smallest absolute Gasteiger partial charge is 0.306 e. The molecule has 0 aromatic carbocycles. The van der Waals surface area contributed by atoms with Crippen molar-refractivity contribution in [2.45, 2.75) is 330 Å². The minimum Gasteiger partial charge on any atom is -0.462 e. The molecule has 0 aliphatic heterocycles. The lowest BCUT2D eigenvalue weighted by Crippen LogP contribution is -2.30. The van der Waals surface area contributed by atoms with Gasteiger partial charge in [-0.05, 0) is 31.1 Å². The number of hydrogen-bond donors (Lipinski definition) is 0. The van der Waals surface area contributed by atoms with Gasteiger partial charge in [-0.3, -0.25) is 14.4 Å². The predicted molar refractivity (Wildman–Crippen MR) is 275 cm³/mol. The average Bonchev–Trinajstić information content (AvgIpc) is 3.27. The van der Waals surface area contributed by atoms with Gasteiger partial charge in [-0.2, -0.15) is 0 Å². The zero-order valence-electron chi connectivity index (χ0n) is 43.9. The number of carbonyl (C=O) groups is 3. The van der Waals surface area contributed by atoms with E-state index in [9.17, 15) is 14.4 Å². The van der Waals surface area contributed by atoms with Crippen LogP contribution in [0.1, 0.15) is 324 Å².